The standard InChI is InChI=1S/C20H15ClN6O/c1-11-16(18(23)28)17(13-8-6-12(10-22)7-9-13)27-20(24-11)25-19(26-27)14-4-2-3-5-15(14)21/h2-9,17H,1H3,(H2,23,28)(H,24,25,26)/t17-/m0/s1. The smallest absolute Gasteiger partial charge is 0.248 e. The van der Waals surface area contributed by atoms with Crippen LogP contribution in [0.1, 0.15) is 24.1 Å². The first-order valence-electron chi connectivity index (χ1n) is 8.48. The lowest BCUT2D eigenvalue weighted by molar-refractivity contribution is -0.115. The van der Waals surface area contributed by atoms with E-state index in [2.05, 4.69) is 21.5 Å². The fourth-order valence-corrected chi connectivity index (χ4v) is 3.50. The molecule has 1 atom stereocenters. The maximum Gasteiger partial charge on any atom is 0.248 e. The fraction of sp³-hybridized carbons (Fsp3) is 0.100. The van der Waals surface area contributed by atoms with Gasteiger partial charge in [-0.2, -0.15) is 10.2 Å². The number of anilines is 1. The third kappa shape index (κ3) is 2.90. The molecule has 3 N–H and O–H groups in total. The van der Waals surface area contributed by atoms with Gasteiger partial charge in [0.05, 0.1) is 22.2 Å². The molecule has 2 aromatic carbocycles. The van der Waals surface area contributed by atoms with Crippen LogP contribution in [0.4, 0.5) is 5.95 Å². The number of benzene rings is 2. The van der Waals surface area contributed by atoms with Crippen molar-refractivity contribution in [1.82, 2.24) is 14.8 Å². The van der Waals surface area contributed by atoms with E-state index in [0.717, 1.165) is 5.56 Å². The predicted octanol–water partition coefficient (Wildman–Crippen LogP) is 3.24. The third-order valence-corrected chi connectivity index (χ3v) is 4.92. The van der Waals surface area contributed by atoms with E-state index < -0.39 is 11.9 Å². The molecule has 0 spiro atoms. The molecule has 0 fully saturated rings. The molecule has 1 aromatic heterocycles. The van der Waals surface area contributed by atoms with Crippen LogP contribution in [0.15, 0.2) is 59.8 Å². The van der Waals surface area contributed by atoms with Gasteiger partial charge in [-0.05, 0) is 36.8 Å². The molecule has 0 bridgehead atoms. The van der Waals surface area contributed by atoms with Gasteiger partial charge in [0.2, 0.25) is 11.9 Å². The summed E-state index contributed by atoms with van der Waals surface area (Å²) in [5, 5.41) is 17.3. The second-order valence-electron chi connectivity index (χ2n) is 6.35. The maximum atomic E-state index is 12.2. The predicted molar refractivity (Wildman–Crippen MR) is 105 cm³/mol. The van der Waals surface area contributed by atoms with E-state index in [1.54, 1.807) is 41.9 Å². The second kappa shape index (κ2) is 6.83. The minimum atomic E-state index is -0.565. The van der Waals surface area contributed by atoms with Crippen molar-refractivity contribution >= 4 is 23.5 Å². The molecule has 4 rings (SSSR count). The van der Waals surface area contributed by atoms with Gasteiger partial charge in [0.25, 0.3) is 0 Å². The SMILES string of the molecule is CC1=C(C(N)=O)[C@H](c2ccc(C#N)cc2)n2nc(-c3ccccc3Cl)nc2N1. The number of amides is 1. The molecule has 8 heteroatoms. The van der Waals surface area contributed by atoms with Crippen molar-refractivity contribution in [2.75, 3.05) is 5.32 Å². The number of primary amides is 1. The summed E-state index contributed by atoms with van der Waals surface area (Å²) in [7, 11) is 0. The highest BCUT2D eigenvalue weighted by Crippen LogP contribution is 2.36. The molecule has 0 saturated carbocycles. The Balaban J connectivity index is 1.89. The van der Waals surface area contributed by atoms with Crippen molar-refractivity contribution in [1.29, 1.82) is 5.26 Å². The van der Waals surface area contributed by atoms with E-state index >= 15 is 0 Å². The summed E-state index contributed by atoms with van der Waals surface area (Å²) < 4.78 is 1.62. The Morgan fingerprint density at radius 3 is 2.61 bits per heavy atom. The first kappa shape index (κ1) is 17.8. The van der Waals surface area contributed by atoms with Crippen molar-refractivity contribution in [3.63, 3.8) is 0 Å². The van der Waals surface area contributed by atoms with Crippen LogP contribution < -0.4 is 11.1 Å². The van der Waals surface area contributed by atoms with E-state index in [0.29, 0.717) is 39.2 Å². The van der Waals surface area contributed by atoms with Gasteiger partial charge in [-0.3, -0.25) is 4.79 Å². The Morgan fingerprint density at radius 2 is 1.96 bits per heavy atom. The van der Waals surface area contributed by atoms with Crippen LogP contribution >= 0.6 is 11.6 Å². The third-order valence-electron chi connectivity index (χ3n) is 4.59. The number of hydrogen-bond acceptors (Lipinski definition) is 5. The van der Waals surface area contributed by atoms with E-state index in [1.165, 1.54) is 0 Å². The van der Waals surface area contributed by atoms with E-state index in [-0.39, 0.29) is 0 Å². The fourth-order valence-electron chi connectivity index (χ4n) is 3.27. The molecule has 28 heavy (non-hydrogen) atoms. The lowest BCUT2D eigenvalue weighted by Crippen LogP contribution is -2.31. The van der Waals surface area contributed by atoms with Crippen LogP contribution in [0.3, 0.4) is 0 Å². The highest BCUT2D eigenvalue weighted by atomic mass is 35.5. The van der Waals surface area contributed by atoms with Gasteiger partial charge in [0.1, 0.15) is 6.04 Å². The number of carbonyl (C=O) groups excluding carboxylic acids is 1. The topological polar surface area (TPSA) is 110 Å². The van der Waals surface area contributed by atoms with Crippen molar-refractivity contribution in [2.45, 2.75) is 13.0 Å². The number of nitrogens with one attached hydrogen (secondary N) is 1. The zero-order valence-electron chi connectivity index (χ0n) is 14.8. The molecule has 1 aliphatic heterocycles. The van der Waals surface area contributed by atoms with Crippen molar-refractivity contribution < 1.29 is 4.79 Å². The van der Waals surface area contributed by atoms with E-state index in [9.17, 15) is 4.79 Å². The first-order valence-corrected chi connectivity index (χ1v) is 8.86. The Bertz CT molecular complexity index is 1160. The number of carbonyl (C=O) groups is 1. The average molecular weight is 391 g/mol. The van der Waals surface area contributed by atoms with Crippen molar-refractivity contribution in [3.05, 3.63) is 76.0 Å². The Hall–Kier alpha value is -3.63. The summed E-state index contributed by atoms with van der Waals surface area (Å²) in [6, 6.07) is 15.7. The molecule has 3 aromatic rings. The summed E-state index contributed by atoms with van der Waals surface area (Å²) in [5.74, 6) is 0.358. The molecule has 0 aliphatic carbocycles. The number of nitrogens with zero attached hydrogens (tertiary/aromatic N) is 4. The lowest BCUT2D eigenvalue weighted by Gasteiger charge is -2.27. The molecule has 7 nitrogen and oxygen atoms in total. The highest BCUT2D eigenvalue weighted by Gasteiger charge is 2.33. The molecule has 2 heterocycles. The second-order valence-corrected chi connectivity index (χ2v) is 6.75. The van der Waals surface area contributed by atoms with Crippen molar-refractivity contribution in [2.24, 2.45) is 5.73 Å². The van der Waals surface area contributed by atoms with Gasteiger partial charge in [-0.15, -0.1) is 5.10 Å². The van der Waals surface area contributed by atoms with Gasteiger partial charge in [0.15, 0.2) is 5.82 Å². The largest absolute Gasteiger partial charge is 0.366 e. The Morgan fingerprint density at radius 1 is 1.25 bits per heavy atom. The zero-order chi connectivity index (χ0) is 19.8. The Labute approximate surface area is 166 Å². The number of aromatic nitrogens is 3. The van der Waals surface area contributed by atoms with Gasteiger partial charge in [-0.1, -0.05) is 35.9 Å². The van der Waals surface area contributed by atoms with Crippen LogP contribution in [0.2, 0.25) is 5.02 Å². The summed E-state index contributed by atoms with van der Waals surface area (Å²) >= 11 is 6.29. The first-order chi connectivity index (χ1) is 13.5. The monoisotopic (exact) mass is 390 g/mol. The summed E-state index contributed by atoms with van der Waals surface area (Å²) in [4.78, 5) is 16.8. The van der Waals surface area contributed by atoms with Crippen LogP contribution in [0.25, 0.3) is 11.4 Å². The van der Waals surface area contributed by atoms with Gasteiger partial charge in [0, 0.05) is 11.3 Å². The molecule has 1 amide bonds. The number of nitriles is 1. The number of rotatable bonds is 3. The lowest BCUT2D eigenvalue weighted by atomic mass is 9.95. The molecule has 0 unspecified atom stereocenters. The van der Waals surface area contributed by atoms with Crippen LogP contribution in [-0.4, -0.2) is 20.7 Å². The van der Waals surface area contributed by atoms with Crippen molar-refractivity contribution in [3.8, 4) is 17.5 Å². The number of nitrogens with two attached hydrogens (primary N) is 1. The van der Waals surface area contributed by atoms with Crippen LogP contribution in [0.5, 0.6) is 0 Å². The number of halogens is 1. The Kier molecular flexibility index (Phi) is 4.34. The molecular weight excluding hydrogens is 376 g/mol. The average Bonchev–Trinajstić information content (AvgIpc) is 3.10. The summed E-state index contributed by atoms with van der Waals surface area (Å²) in [6.45, 7) is 1.77. The van der Waals surface area contributed by atoms with Gasteiger partial charge < -0.3 is 11.1 Å². The summed E-state index contributed by atoms with van der Waals surface area (Å²) in [5.41, 5.74) is 8.63. The number of allylic oxidation sites excluding steroid dienone is 1. The molecule has 0 radical (unpaired) electrons. The van der Waals surface area contributed by atoms with Gasteiger partial charge in [-0.25, -0.2) is 4.68 Å². The molecular formula is C20H15ClN6O. The normalized spacial score (nSPS) is 15.5. The van der Waals surface area contributed by atoms with Crippen LogP contribution in [-0.2, 0) is 4.79 Å². The highest BCUT2D eigenvalue weighted by molar-refractivity contribution is 6.33. The van der Waals surface area contributed by atoms with Gasteiger partial charge >= 0.3 is 0 Å². The molecule has 0 saturated heterocycles. The zero-order valence-corrected chi connectivity index (χ0v) is 15.6. The maximum absolute atomic E-state index is 12.2. The van der Waals surface area contributed by atoms with E-state index in [4.69, 9.17) is 22.6 Å². The van der Waals surface area contributed by atoms with Crippen LogP contribution in [0, 0.1) is 11.3 Å². The number of fused-ring (bicyclic) bond motifs is 1. The number of hydrogen-bond donors (Lipinski definition) is 2. The molecule has 138 valence electrons. The molecule has 1 aliphatic rings. The van der Waals surface area contributed by atoms with E-state index in [1.807, 2.05) is 18.2 Å². The minimum Gasteiger partial charge on any atom is -0.366 e. The summed E-state index contributed by atoms with van der Waals surface area (Å²) in [6.07, 6.45) is 0. The quantitative estimate of drug-likeness (QED) is 0.713. The minimum absolute atomic E-state index is 0.382.